The van der Waals surface area contributed by atoms with Gasteiger partial charge in [0, 0.05) is 28.8 Å². The van der Waals surface area contributed by atoms with Crippen LogP contribution >= 0.6 is 0 Å². The van der Waals surface area contributed by atoms with Gasteiger partial charge in [-0.1, -0.05) is 0 Å². The quantitative estimate of drug-likeness (QED) is 0.599. The number of nitrogens with one attached hydrogen (secondary N) is 3. The van der Waals surface area contributed by atoms with Crippen molar-refractivity contribution < 1.29 is 14.3 Å². The normalized spacial score (nSPS) is 12.1. The van der Waals surface area contributed by atoms with Gasteiger partial charge in [0.1, 0.15) is 5.75 Å². The fraction of sp³-hybridized carbons (Fsp3) is 0.278. The molecule has 0 bridgehead atoms. The molecule has 0 unspecified atom stereocenters. The van der Waals surface area contributed by atoms with E-state index in [4.69, 9.17) is 9.47 Å². The molecule has 0 aliphatic heterocycles. The molecule has 1 atom stereocenters. The Labute approximate surface area is 148 Å². The molecule has 8 heteroatoms. The largest absolute Gasteiger partial charge is 0.497 e. The van der Waals surface area contributed by atoms with Crippen molar-refractivity contribution in [1.29, 1.82) is 0 Å². The summed E-state index contributed by atoms with van der Waals surface area (Å²) in [6.07, 6.45) is -0.122. The number of aromatic amines is 3. The van der Waals surface area contributed by atoms with Gasteiger partial charge in [0.2, 0.25) is 0 Å². The number of methoxy groups -OCH3 is 2. The van der Waals surface area contributed by atoms with E-state index in [0.717, 1.165) is 5.39 Å². The smallest absolute Gasteiger partial charge is 0.306 e. The van der Waals surface area contributed by atoms with Crippen LogP contribution in [0.3, 0.4) is 0 Å². The van der Waals surface area contributed by atoms with Crippen molar-refractivity contribution in [2.75, 3.05) is 14.2 Å². The molecule has 0 aliphatic carbocycles. The predicted molar refractivity (Wildman–Crippen MR) is 95.7 cm³/mol. The molecule has 3 rings (SSSR count). The summed E-state index contributed by atoms with van der Waals surface area (Å²) < 4.78 is 9.91. The Morgan fingerprint density at radius 2 is 1.88 bits per heavy atom. The zero-order valence-electron chi connectivity index (χ0n) is 14.6. The second kappa shape index (κ2) is 6.91. The third-order valence-electron chi connectivity index (χ3n) is 4.42. The number of rotatable bonds is 5. The lowest BCUT2D eigenvalue weighted by Gasteiger charge is -2.15. The van der Waals surface area contributed by atoms with Crippen LogP contribution in [-0.4, -0.2) is 35.4 Å². The highest BCUT2D eigenvalue weighted by Crippen LogP contribution is 2.28. The van der Waals surface area contributed by atoms with E-state index in [1.54, 1.807) is 38.3 Å². The number of carbonyl (C=O) groups is 1. The first-order valence-electron chi connectivity index (χ1n) is 7.99. The Balaban J connectivity index is 2.20. The standard InChI is InChI=1S/C18H19N3O5/c1-9-16(18(24)21-20-9)12(8-15(22)26-3)13-6-10-4-5-11(25-2)7-14(10)19-17(13)23/h4-7,12H,8H2,1-3H3,(H,19,23)(H2,20,21,24)/t12-/m0/s1. The van der Waals surface area contributed by atoms with Gasteiger partial charge < -0.3 is 19.6 Å². The maximum Gasteiger partial charge on any atom is 0.306 e. The molecular weight excluding hydrogens is 338 g/mol. The number of carbonyl (C=O) groups excluding carboxylic acids is 1. The van der Waals surface area contributed by atoms with Gasteiger partial charge in [0.15, 0.2) is 0 Å². The molecule has 0 amide bonds. The summed E-state index contributed by atoms with van der Waals surface area (Å²) in [6.45, 7) is 1.71. The van der Waals surface area contributed by atoms with Gasteiger partial charge in [0.05, 0.1) is 26.2 Å². The lowest BCUT2D eigenvalue weighted by molar-refractivity contribution is -0.140. The Bertz CT molecular complexity index is 1080. The zero-order valence-corrected chi connectivity index (χ0v) is 14.6. The fourth-order valence-corrected chi connectivity index (χ4v) is 3.08. The maximum absolute atomic E-state index is 12.7. The van der Waals surface area contributed by atoms with Gasteiger partial charge in [-0.3, -0.25) is 19.5 Å². The molecule has 0 aliphatic rings. The highest BCUT2D eigenvalue weighted by atomic mass is 16.5. The van der Waals surface area contributed by atoms with Crippen LogP contribution in [0.4, 0.5) is 0 Å². The molecule has 0 radical (unpaired) electrons. The number of hydrogen-bond acceptors (Lipinski definition) is 5. The third-order valence-corrected chi connectivity index (χ3v) is 4.42. The average molecular weight is 357 g/mol. The van der Waals surface area contributed by atoms with Crippen molar-refractivity contribution in [2.24, 2.45) is 0 Å². The number of aromatic nitrogens is 3. The average Bonchev–Trinajstić information content (AvgIpc) is 2.97. The van der Waals surface area contributed by atoms with Gasteiger partial charge >= 0.3 is 5.97 Å². The van der Waals surface area contributed by atoms with E-state index < -0.39 is 11.9 Å². The van der Waals surface area contributed by atoms with Crippen LogP contribution in [0.1, 0.15) is 29.2 Å². The molecule has 1 aromatic carbocycles. The van der Waals surface area contributed by atoms with Crippen molar-refractivity contribution in [1.82, 2.24) is 15.2 Å². The number of hydrogen-bond donors (Lipinski definition) is 3. The van der Waals surface area contributed by atoms with Gasteiger partial charge in [-0.05, 0) is 30.5 Å². The predicted octanol–water partition coefficient (Wildman–Crippen LogP) is 1.56. The van der Waals surface area contributed by atoms with Crippen molar-refractivity contribution in [2.45, 2.75) is 19.3 Å². The Morgan fingerprint density at radius 1 is 1.12 bits per heavy atom. The lowest BCUT2D eigenvalue weighted by Crippen LogP contribution is -2.23. The van der Waals surface area contributed by atoms with E-state index in [9.17, 15) is 14.4 Å². The van der Waals surface area contributed by atoms with Crippen LogP contribution in [0.2, 0.25) is 0 Å². The number of fused-ring (bicyclic) bond motifs is 1. The van der Waals surface area contributed by atoms with E-state index in [0.29, 0.717) is 28.1 Å². The van der Waals surface area contributed by atoms with Crippen molar-refractivity contribution in [3.05, 3.63) is 61.8 Å². The van der Waals surface area contributed by atoms with Crippen LogP contribution < -0.4 is 15.9 Å². The summed E-state index contributed by atoms with van der Waals surface area (Å²) >= 11 is 0. The Morgan fingerprint density at radius 3 is 2.50 bits per heavy atom. The van der Waals surface area contributed by atoms with E-state index in [1.807, 2.05) is 0 Å². The van der Waals surface area contributed by atoms with Gasteiger partial charge in [-0.15, -0.1) is 0 Å². The first-order chi connectivity index (χ1) is 12.4. The maximum atomic E-state index is 12.7. The van der Waals surface area contributed by atoms with E-state index in [-0.39, 0.29) is 17.5 Å². The molecule has 26 heavy (non-hydrogen) atoms. The number of aryl methyl sites for hydroxylation is 1. The fourth-order valence-electron chi connectivity index (χ4n) is 3.08. The first kappa shape index (κ1) is 17.5. The number of esters is 1. The molecular formula is C18H19N3O5. The first-order valence-corrected chi connectivity index (χ1v) is 7.99. The second-order valence-electron chi connectivity index (χ2n) is 5.96. The molecule has 0 saturated carbocycles. The van der Waals surface area contributed by atoms with Crippen molar-refractivity contribution in [3.63, 3.8) is 0 Å². The van der Waals surface area contributed by atoms with Crippen LogP contribution in [0.5, 0.6) is 5.75 Å². The van der Waals surface area contributed by atoms with E-state index >= 15 is 0 Å². The summed E-state index contributed by atoms with van der Waals surface area (Å²) in [5.41, 5.74) is 1.09. The zero-order chi connectivity index (χ0) is 18.8. The van der Waals surface area contributed by atoms with E-state index in [2.05, 4.69) is 15.2 Å². The molecule has 136 valence electrons. The van der Waals surface area contributed by atoms with Crippen LogP contribution in [0.25, 0.3) is 10.9 Å². The minimum absolute atomic E-state index is 0.122. The van der Waals surface area contributed by atoms with E-state index in [1.165, 1.54) is 7.11 Å². The van der Waals surface area contributed by atoms with Gasteiger partial charge in [0.25, 0.3) is 11.1 Å². The lowest BCUT2D eigenvalue weighted by atomic mass is 9.89. The number of ether oxygens (including phenoxy) is 2. The molecule has 0 spiro atoms. The Kier molecular flexibility index (Phi) is 4.66. The summed E-state index contributed by atoms with van der Waals surface area (Å²) in [6, 6.07) is 6.97. The molecule has 2 heterocycles. The number of pyridine rings is 1. The van der Waals surface area contributed by atoms with Crippen LogP contribution in [0.15, 0.2) is 33.9 Å². The highest BCUT2D eigenvalue weighted by Gasteiger charge is 2.27. The molecule has 0 saturated heterocycles. The summed E-state index contributed by atoms with van der Waals surface area (Å²) in [4.78, 5) is 39.6. The minimum Gasteiger partial charge on any atom is -0.497 e. The molecule has 0 fully saturated rings. The third kappa shape index (κ3) is 3.13. The SMILES string of the molecule is COC(=O)C[C@@H](c1cc2ccc(OC)cc2[nH]c1=O)c1c(C)[nH][nH]c1=O. The van der Waals surface area contributed by atoms with Crippen molar-refractivity contribution >= 4 is 16.9 Å². The summed E-state index contributed by atoms with van der Waals surface area (Å²) in [5, 5.41) is 5.98. The Hall–Kier alpha value is -3.29. The van der Waals surface area contributed by atoms with Gasteiger partial charge in [-0.2, -0.15) is 0 Å². The highest BCUT2D eigenvalue weighted by molar-refractivity contribution is 5.81. The molecule has 3 N–H and O–H groups in total. The molecule has 8 nitrogen and oxygen atoms in total. The molecule has 3 aromatic rings. The van der Waals surface area contributed by atoms with Crippen LogP contribution in [0, 0.1) is 6.92 Å². The molecule has 2 aromatic heterocycles. The number of benzene rings is 1. The van der Waals surface area contributed by atoms with Gasteiger partial charge in [-0.25, -0.2) is 0 Å². The number of H-pyrrole nitrogens is 3. The van der Waals surface area contributed by atoms with Crippen molar-refractivity contribution in [3.8, 4) is 5.75 Å². The second-order valence-corrected chi connectivity index (χ2v) is 5.96. The topological polar surface area (TPSA) is 117 Å². The minimum atomic E-state index is -0.729. The summed E-state index contributed by atoms with van der Waals surface area (Å²) in [5.74, 6) is -0.623. The van der Waals surface area contributed by atoms with Crippen LogP contribution in [-0.2, 0) is 9.53 Å². The monoisotopic (exact) mass is 357 g/mol. The summed E-state index contributed by atoms with van der Waals surface area (Å²) in [7, 11) is 2.81.